The average molecular weight is 372 g/mol. The number of nitrogens with one attached hydrogen (secondary N) is 1. The van der Waals surface area contributed by atoms with Crippen molar-refractivity contribution in [1.29, 1.82) is 0 Å². The Morgan fingerprint density at radius 3 is 2.28 bits per heavy atom. The van der Waals surface area contributed by atoms with E-state index in [0.29, 0.717) is 11.3 Å². The molecule has 3 aromatic rings. The van der Waals surface area contributed by atoms with E-state index in [9.17, 15) is 4.79 Å². The average Bonchev–Trinajstić information content (AvgIpc) is 2.61. The third kappa shape index (κ3) is 4.35. The van der Waals surface area contributed by atoms with Gasteiger partial charge >= 0.3 is 0 Å². The van der Waals surface area contributed by atoms with Crippen molar-refractivity contribution in [2.24, 2.45) is 0 Å². The maximum Gasteiger partial charge on any atom is 0.255 e. The van der Waals surface area contributed by atoms with Gasteiger partial charge in [0.25, 0.3) is 5.91 Å². The van der Waals surface area contributed by atoms with Crippen LogP contribution < -0.4 is 5.32 Å². The van der Waals surface area contributed by atoms with Crippen molar-refractivity contribution in [2.75, 3.05) is 5.32 Å². The quantitative estimate of drug-likeness (QED) is 0.635. The van der Waals surface area contributed by atoms with Crippen molar-refractivity contribution in [3.63, 3.8) is 0 Å². The van der Waals surface area contributed by atoms with Crippen molar-refractivity contribution in [3.8, 4) is 11.3 Å². The highest BCUT2D eigenvalue weighted by Crippen LogP contribution is 2.21. The molecule has 1 N–H and O–H groups in total. The smallest absolute Gasteiger partial charge is 0.255 e. The van der Waals surface area contributed by atoms with Crippen LogP contribution in [0.4, 0.5) is 5.69 Å². The number of halogens is 2. The predicted molar refractivity (Wildman–Crippen MR) is 101 cm³/mol. The lowest BCUT2D eigenvalue weighted by Crippen LogP contribution is -2.11. The van der Waals surface area contributed by atoms with Crippen LogP contribution in [0.3, 0.4) is 0 Å². The Hall–Kier alpha value is -2.43. The zero-order valence-electron chi connectivity index (χ0n) is 13.5. The minimum Gasteiger partial charge on any atom is -0.322 e. The predicted octanol–water partition coefficient (Wildman–Crippen LogP) is 5.27. The summed E-state index contributed by atoms with van der Waals surface area (Å²) in [6, 6.07) is 14.4. The van der Waals surface area contributed by atoms with Crippen LogP contribution >= 0.6 is 23.2 Å². The maximum absolute atomic E-state index is 12.3. The molecule has 25 heavy (non-hydrogen) atoms. The summed E-state index contributed by atoms with van der Waals surface area (Å²) >= 11 is 11.7. The molecule has 0 aliphatic carbocycles. The molecule has 0 unspecified atom stereocenters. The second-order valence-corrected chi connectivity index (χ2v) is 6.21. The summed E-state index contributed by atoms with van der Waals surface area (Å²) in [5, 5.41) is 3.19. The first kappa shape index (κ1) is 17.4. The van der Waals surface area contributed by atoms with Crippen LogP contribution in [0.15, 0.2) is 54.7 Å². The number of benzene rings is 1. The molecule has 0 saturated carbocycles. The van der Waals surface area contributed by atoms with Crippen molar-refractivity contribution < 1.29 is 4.79 Å². The minimum absolute atomic E-state index is 0.222. The maximum atomic E-state index is 12.3. The number of nitrogens with zero attached hydrogens (tertiary/aromatic N) is 2. The molecule has 0 bridgehead atoms. The summed E-state index contributed by atoms with van der Waals surface area (Å²) < 4.78 is 0. The van der Waals surface area contributed by atoms with Crippen molar-refractivity contribution in [2.45, 2.75) is 13.3 Å². The van der Waals surface area contributed by atoms with Crippen molar-refractivity contribution in [1.82, 2.24) is 9.97 Å². The molecule has 0 radical (unpaired) electrons. The van der Waals surface area contributed by atoms with Crippen LogP contribution in [0, 0.1) is 0 Å². The first-order valence-electron chi connectivity index (χ1n) is 7.75. The summed E-state index contributed by atoms with van der Waals surface area (Å²) in [4.78, 5) is 20.6. The summed E-state index contributed by atoms with van der Waals surface area (Å²) in [7, 11) is 0. The van der Waals surface area contributed by atoms with Crippen LogP contribution in [0.25, 0.3) is 11.3 Å². The molecule has 3 rings (SSSR count). The first-order valence-corrected chi connectivity index (χ1v) is 8.50. The molecule has 2 heterocycles. The molecule has 0 fully saturated rings. The third-order valence-electron chi connectivity index (χ3n) is 3.70. The molecule has 0 spiro atoms. The van der Waals surface area contributed by atoms with Crippen LogP contribution in [0.2, 0.25) is 10.3 Å². The van der Waals surface area contributed by atoms with Gasteiger partial charge < -0.3 is 5.32 Å². The largest absolute Gasteiger partial charge is 0.322 e. The molecule has 1 amide bonds. The van der Waals surface area contributed by atoms with E-state index in [0.717, 1.165) is 17.7 Å². The Kier molecular flexibility index (Phi) is 5.31. The number of anilines is 1. The van der Waals surface area contributed by atoms with Gasteiger partial charge in [0.05, 0.1) is 5.69 Å². The Morgan fingerprint density at radius 2 is 1.72 bits per heavy atom. The molecule has 1 aromatic carbocycles. The number of carbonyl (C=O) groups excluding carboxylic acids is 1. The van der Waals surface area contributed by atoms with Crippen molar-refractivity contribution >= 4 is 34.8 Å². The van der Waals surface area contributed by atoms with Crippen LogP contribution in [0.1, 0.15) is 22.8 Å². The fraction of sp³-hybridized carbons (Fsp3) is 0.105. The molecule has 6 heteroatoms. The molecule has 0 atom stereocenters. The fourth-order valence-electron chi connectivity index (χ4n) is 2.34. The minimum atomic E-state index is -0.251. The number of amides is 1. The number of aryl methyl sites for hydroxylation is 1. The highest BCUT2D eigenvalue weighted by Gasteiger charge is 2.08. The number of pyridine rings is 2. The van der Waals surface area contributed by atoms with Gasteiger partial charge in [0.15, 0.2) is 0 Å². The molecular weight excluding hydrogens is 357 g/mol. The Bertz CT molecular complexity index is 873. The normalized spacial score (nSPS) is 10.5. The number of carbonyl (C=O) groups is 1. The lowest BCUT2D eigenvalue weighted by atomic mass is 10.1. The topological polar surface area (TPSA) is 54.9 Å². The summed E-state index contributed by atoms with van der Waals surface area (Å²) in [5.41, 5.74) is 4.04. The van der Waals surface area contributed by atoms with Gasteiger partial charge in [-0.15, -0.1) is 0 Å². The fourth-order valence-corrected chi connectivity index (χ4v) is 2.80. The van der Waals surface area contributed by atoms with Crippen molar-refractivity contribution in [3.05, 3.63) is 76.2 Å². The molecule has 126 valence electrons. The standard InChI is InChI=1S/C19H15Cl2N3O/c1-2-12-3-8-16(22-11-12)13-4-6-14(7-5-13)19(25)23-15-9-17(20)24-18(21)10-15/h3-11H,2H2,1H3,(H,23,24,25). The Morgan fingerprint density at radius 1 is 1.04 bits per heavy atom. The van der Waals surface area contributed by atoms with Gasteiger partial charge in [-0.3, -0.25) is 9.78 Å². The molecule has 2 aromatic heterocycles. The SMILES string of the molecule is CCc1ccc(-c2ccc(C(=O)Nc3cc(Cl)nc(Cl)c3)cc2)nc1. The molecule has 0 saturated heterocycles. The molecular formula is C19H15Cl2N3O. The Labute approximate surface area is 155 Å². The van der Waals surface area contributed by atoms with E-state index in [1.54, 1.807) is 24.3 Å². The van der Waals surface area contributed by atoms with Gasteiger partial charge in [0.2, 0.25) is 0 Å². The van der Waals surface area contributed by atoms with E-state index in [1.165, 1.54) is 5.56 Å². The highest BCUT2D eigenvalue weighted by atomic mass is 35.5. The van der Waals surface area contributed by atoms with Gasteiger partial charge in [-0.05, 0) is 42.3 Å². The van der Waals surface area contributed by atoms with E-state index in [-0.39, 0.29) is 16.2 Å². The van der Waals surface area contributed by atoms with Gasteiger partial charge in [-0.2, -0.15) is 0 Å². The third-order valence-corrected chi connectivity index (χ3v) is 4.08. The number of hydrogen-bond acceptors (Lipinski definition) is 3. The lowest BCUT2D eigenvalue weighted by molar-refractivity contribution is 0.102. The van der Waals surface area contributed by atoms with Crippen LogP contribution in [0.5, 0.6) is 0 Å². The lowest BCUT2D eigenvalue weighted by Gasteiger charge is -2.07. The van der Waals surface area contributed by atoms with E-state index < -0.39 is 0 Å². The molecule has 0 aliphatic rings. The summed E-state index contributed by atoms with van der Waals surface area (Å²) in [6.45, 7) is 2.09. The molecule has 0 aliphatic heterocycles. The Balaban J connectivity index is 1.75. The second-order valence-electron chi connectivity index (χ2n) is 5.44. The number of aromatic nitrogens is 2. The first-order chi connectivity index (χ1) is 12.0. The summed E-state index contributed by atoms with van der Waals surface area (Å²) in [6.07, 6.45) is 2.82. The zero-order valence-corrected chi connectivity index (χ0v) is 15.0. The van der Waals surface area contributed by atoms with E-state index in [2.05, 4.69) is 28.3 Å². The monoisotopic (exact) mass is 371 g/mol. The van der Waals surface area contributed by atoms with E-state index >= 15 is 0 Å². The van der Waals surface area contributed by atoms with Gasteiger partial charge in [0, 0.05) is 23.0 Å². The summed E-state index contributed by atoms with van der Waals surface area (Å²) in [5.74, 6) is -0.251. The second kappa shape index (κ2) is 7.64. The van der Waals surface area contributed by atoms with Gasteiger partial charge in [-0.1, -0.05) is 48.3 Å². The number of hydrogen-bond donors (Lipinski definition) is 1. The zero-order chi connectivity index (χ0) is 17.8. The molecule has 4 nitrogen and oxygen atoms in total. The van der Waals surface area contributed by atoms with Crippen LogP contribution in [-0.4, -0.2) is 15.9 Å². The van der Waals surface area contributed by atoms with Gasteiger partial charge in [0.1, 0.15) is 10.3 Å². The van der Waals surface area contributed by atoms with Crippen LogP contribution in [-0.2, 0) is 6.42 Å². The van der Waals surface area contributed by atoms with E-state index in [1.807, 2.05) is 24.4 Å². The van der Waals surface area contributed by atoms with E-state index in [4.69, 9.17) is 23.2 Å². The van der Waals surface area contributed by atoms with Gasteiger partial charge in [-0.25, -0.2) is 4.98 Å². The highest BCUT2D eigenvalue weighted by molar-refractivity contribution is 6.33. The number of rotatable bonds is 4.